The van der Waals surface area contributed by atoms with Crippen molar-refractivity contribution >= 4 is 29.9 Å². The lowest BCUT2D eigenvalue weighted by Gasteiger charge is -2.36. The maximum absolute atomic E-state index is 9.54. The highest BCUT2D eigenvalue weighted by atomic mass is 127. The Balaban J connectivity index is 0.00000272. The van der Waals surface area contributed by atoms with Gasteiger partial charge in [0.15, 0.2) is 17.5 Å². The van der Waals surface area contributed by atoms with Gasteiger partial charge in [-0.25, -0.2) is 4.99 Å². The van der Waals surface area contributed by atoms with Gasteiger partial charge in [-0.3, -0.25) is 4.90 Å². The highest BCUT2D eigenvalue weighted by Gasteiger charge is 2.21. The molecule has 0 bridgehead atoms. The van der Waals surface area contributed by atoms with Gasteiger partial charge in [-0.05, 0) is 35.7 Å². The van der Waals surface area contributed by atoms with Gasteiger partial charge in [-0.2, -0.15) is 0 Å². The average molecular weight is 538 g/mol. The van der Waals surface area contributed by atoms with Gasteiger partial charge in [0.05, 0.1) is 13.2 Å². The Morgan fingerprint density at radius 1 is 1.03 bits per heavy atom. The van der Waals surface area contributed by atoms with Gasteiger partial charge < -0.3 is 24.8 Å². The molecule has 2 aromatic rings. The zero-order chi connectivity index (χ0) is 20.8. The van der Waals surface area contributed by atoms with Gasteiger partial charge in [-0.15, -0.1) is 24.0 Å². The maximum Gasteiger partial charge on any atom is 0.231 e. The van der Waals surface area contributed by atoms with Crippen molar-refractivity contribution in [3.63, 3.8) is 0 Å². The van der Waals surface area contributed by atoms with E-state index < -0.39 is 0 Å². The summed E-state index contributed by atoms with van der Waals surface area (Å²) in [4.78, 5) is 9.61. The topological polar surface area (TPSA) is 69.6 Å². The largest absolute Gasteiger partial charge is 0.454 e. The van der Waals surface area contributed by atoms with Gasteiger partial charge in [0.25, 0.3) is 0 Å². The van der Waals surface area contributed by atoms with Crippen LogP contribution in [0.2, 0.25) is 0 Å². The Bertz CT molecular complexity index is 885. The van der Waals surface area contributed by atoms with Gasteiger partial charge >= 0.3 is 0 Å². The first-order valence-electron chi connectivity index (χ1n) is 10.6. The number of rotatable bonds is 6. The molecular formula is C23H31IN4O3. The quantitative estimate of drug-likeness (QED) is 0.335. The standard InChI is InChI=1S/C23H30N4O3.HI/c1-2-24-23(25-14-19-5-3-4-6-20(19)16-28)27-11-9-26(10-12-27)15-18-7-8-21-22(13-18)30-17-29-21;/h3-8,13,28H,2,9-12,14-17H2,1H3,(H,24,25);1H. The van der Waals surface area contributed by atoms with Crippen LogP contribution in [-0.2, 0) is 19.7 Å². The van der Waals surface area contributed by atoms with Crippen LogP contribution >= 0.6 is 24.0 Å². The molecule has 2 aromatic carbocycles. The normalized spacial score (nSPS) is 16.2. The number of fused-ring (bicyclic) bond motifs is 1. The van der Waals surface area contributed by atoms with Gasteiger partial charge in [0.2, 0.25) is 6.79 Å². The average Bonchev–Trinajstić information content (AvgIpc) is 3.25. The Morgan fingerprint density at radius 3 is 2.52 bits per heavy atom. The third kappa shape index (κ3) is 6.02. The summed E-state index contributed by atoms with van der Waals surface area (Å²) >= 11 is 0. The number of nitrogens with one attached hydrogen (secondary N) is 1. The molecule has 0 spiro atoms. The maximum atomic E-state index is 9.54. The Hall–Kier alpha value is -2.04. The number of ether oxygens (including phenoxy) is 2. The van der Waals surface area contributed by atoms with Crippen molar-refractivity contribution < 1.29 is 14.6 Å². The number of hydrogen-bond donors (Lipinski definition) is 2. The molecular weight excluding hydrogens is 507 g/mol. The zero-order valence-electron chi connectivity index (χ0n) is 17.9. The summed E-state index contributed by atoms with van der Waals surface area (Å²) in [6.07, 6.45) is 0. The third-order valence-electron chi connectivity index (χ3n) is 5.54. The summed E-state index contributed by atoms with van der Waals surface area (Å²) in [5.74, 6) is 2.61. The number of guanidine groups is 1. The second-order valence-corrected chi connectivity index (χ2v) is 7.55. The molecule has 2 aliphatic rings. The van der Waals surface area contributed by atoms with Crippen LogP contribution in [0.4, 0.5) is 0 Å². The van der Waals surface area contributed by atoms with E-state index in [1.54, 1.807) is 0 Å². The predicted molar refractivity (Wildman–Crippen MR) is 132 cm³/mol. The fraction of sp³-hybridized carbons (Fsp3) is 0.435. The lowest BCUT2D eigenvalue weighted by molar-refractivity contribution is 0.171. The molecule has 2 aliphatic heterocycles. The second-order valence-electron chi connectivity index (χ2n) is 7.55. The number of halogens is 1. The monoisotopic (exact) mass is 538 g/mol. The van der Waals surface area contributed by atoms with Crippen LogP contribution in [0.1, 0.15) is 23.6 Å². The van der Waals surface area contributed by atoms with Crippen LogP contribution < -0.4 is 14.8 Å². The number of benzene rings is 2. The SMILES string of the molecule is CCNC(=NCc1ccccc1CO)N1CCN(Cc2ccc3c(c2)OCO3)CC1.I. The molecule has 31 heavy (non-hydrogen) atoms. The van der Waals surface area contributed by atoms with Crippen molar-refractivity contribution in [3.05, 3.63) is 59.2 Å². The van der Waals surface area contributed by atoms with E-state index in [0.29, 0.717) is 13.3 Å². The fourth-order valence-electron chi connectivity index (χ4n) is 3.87. The smallest absolute Gasteiger partial charge is 0.231 e. The van der Waals surface area contributed by atoms with E-state index in [-0.39, 0.29) is 30.6 Å². The van der Waals surface area contributed by atoms with Crippen molar-refractivity contribution in [1.82, 2.24) is 15.1 Å². The van der Waals surface area contributed by atoms with Gasteiger partial charge in [0, 0.05) is 39.3 Å². The van der Waals surface area contributed by atoms with Gasteiger partial charge in [-0.1, -0.05) is 30.3 Å². The molecule has 8 heteroatoms. The Kier molecular flexibility index (Phi) is 8.79. The zero-order valence-corrected chi connectivity index (χ0v) is 20.2. The number of aliphatic hydroxyl groups excluding tert-OH is 1. The lowest BCUT2D eigenvalue weighted by Crippen LogP contribution is -2.52. The number of aliphatic hydroxyl groups is 1. The molecule has 7 nitrogen and oxygen atoms in total. The molecule has 0 unspecified atom stereocenters. The number of nitrogens with zero attached hydrogens (tertiary/aromatic N) is 3. The summed E-state index contributed by atoms with van der Waals surface area (Å²) < 4.78 is 10.9. The van der Waals surface area contributed by atoms with E-state index >= 15 is 0 Å². The fourth-order valence-corrected chi connectivity index (χ4v) is 3.87. The minimum Gasteiger partial charge on any atom is -0.454 e. The van der Waals surface area contributed by atoms with Crippen LogP contribution in [-0.4, -0.2) is 60.4 Å². The number of hydrogen-bond acceptors (Lipinski definition) is 5. The number of aliphatic imine (C=N–C) groups is 1. The summed E-state index contributed by atoms with van der Waals surface area (Å²) in [5, 5.41) is 13.0. The summed E-state index contributed by atoms with van der Waals surface area (Å²) in [5.41, 5.74) is 3.25. The Labute approximate surface area is 201 Å². The minimum atomic E-state index is 0. The molecule has 0 amide bonds. The third-order valence-corrected chi connectivity index (χ3v) is 5.54. The van der Waals surface area contributed by atoms with Crippen LogP contribution in [0.3, 0.4) is 0 Å². The molecule has 1 fully saturated rings. The second kappa shape index (κ2) is 11.5. The molecule has 4 rings (SSSR count). The Morgan fingerprint density at radius 2 is 1.77 bits per heavy atom. The molecule has 2 heterocycles. The van der Waals surface area contributed by atoms with E-state index in [0.717, 1.165) is 67.9 Å². The van der Waals surface area contributed by atoms with Crippen molar-refractivity contribution in [3.8, 4) is 11.5 Å². The van der Waals surface area contributed by atoms with E-state index in [1.807, 2.05) is 30.3 Å². The molecule has 0 aromatic heterocycles. The van der Waals surface area contributed by atoms with E-state index in [1.165, 1.54) is 5.56 Å². The van der Waals surface area contributed by atoms with Crippen LogP contribution in [0.15, 0.2) is 47.5 Å². The van der Waals surface area contributed by atoms with Crippen LogP contribution in [0.25, 0.3) is 0 Å². The van der Waals surface area contributed by atoms with Gasteiger partial charge in [0.1, 0.15) is 0 Å². The van der Waals surface area contributed by atoms with E-state index in [4.69, 9.17) is 14.5 Å². The predicted octanol–water partition coefficient (Wildman–Crippen LogP) is 2.81. The van der Waals surface area contributed by atoms with Crippen LogP contribution in [0.5, 0.6) is 11.5 Å². The van der Waals surface area contributed by atoms with E-state index in [2.05, 4.69) is 34.2 Å². The van der Waals surface area contributed by atoms with Crippen molar-refractivity contribution in [2.75, 3.05) is 39.5 Å². The first kappa shape index (κ1) is 23.6. The van der Waals surface area contributed by atoms with Crippen molar-refractivity contribution in [2.24, 2.45) is 4.99 Å². The minimum absolute atomic E-state index is 0. The van der Waals surface area contributed by atoms with Crippen molar-refractivity contribution in [2.45, 2.75) is 26.6 Å². The first-order chi connectivity index (χ1) is 14.8. The van der Waals surface area contributed by atoms with E-state index in [9.17, 15) is 5.11 Å². The molecule has 0 atom stereocenters. The van der Waals surface area contributed by atoms with Crippen molar-refractivity contribution in [1.29, 1.82) is 0 Å². The number of piperazine rings is 1. The summed E-state index contributed by atoms with van der Waals surface area (Å²) in [6, 6.07) is 14.1. The van der Waals surface area contributed by atoms with Crippen LogP contribution in [0, 0.1) is 0 Å². The lowest BCUT2D eigenvalue weighted by atomic mass is 10.1. The molecule has 0 saturated carbocycles. The molecule has 0 radical (unpaired) electrons. The molecule has 2 N–H and O–H groups in total. The summed E-state index contributed by atoms with van der Waals surface area (Å²) in [6.45, 7) is 8.56. The first-order valence-corrected chi connectivity index (χ1v) is 10.6. The molecule has 0 aliphatic carbocycles. The summed E-state index contributed by atoms with van der Waals surface area (Å²) in [7, 11) is 0. The highest BCUT2D eigenvalue weighted by molar-refractivity contribution is 14.0. The molecule has 168 valence electrons. The molecule has 1 saturated heterocycles. The highest BCUT2D eigenvalue weighted by Crippen LogP contribution is 2.32.